The van der Waals surface area contributed by atoms with Gasteiger partial charge in [-0.1, -0.05) is 48.2 Å². The van der Waals surface area contributed by atoms with Crippen LogP contribution in [0.4, 0.5) is 17.1 Å². The fourth-order valence-corrected chi connectivity index (χ4v) is 6.24. The summed E-state index contributed by atoms with van der Waals surface area (Å²) in [6.07, 6.45) is 0. The zero-order valence-corrected chi connectivity index (χ0v) is 22.8. The lowest BCUT2D eigenvalue weighted by molar-refractivity contribution is -0.297. The maximum absolute atomic E-state index is 14.0. The van der Waals surface area contributed by atoms with E-state index in [2.05, 4.69) is 10.9 Å². The molecule has 0 bridgehead atoms. The molecule has 2 aliphatic rings. The van der Waals surface area contributed by atoms with Crippen molar-refractivity contribution in [1.29, 1.82) is 5.26 Å². The molecule has 0 N–H and O–H groups in total. The van der Waals surface area contributed by atoms with Crippen molar-refractivity contribution in [3.63, 3.8) is 0 Å². The smallest absolute Gasteiger partial charge is 0.219 e. The van der Waals surface area contributed by atoms with E-state index in [4.69, 9.17) is 6.57 Å². The van der Waals surface area contributed by atoms with Gasteiger partial charge in [-0.2, -0.15) is 9.84 Å². The number of hydrogen-bond acceptors (Lipinski definition) is 3. The van der Waals surface area contributed by atoms with Crippen LogP contribution < -0.4 is 9.68 Å². The number of nitriles is 1. The molecule has 4 aromatic carbocycles. The summed E-state index contributed by atoms with van der Waals surface area (Å²) in [4.78, 5) is 17.5. The average molecular weight is 543 g/mol. The zero-order chi connectivity index (χ0) is 29.1. The molecular formula is C36H22N4O2. The van der Waals surface area contributed by atoms with E-state index in [0.29, 0.717) is 22.4 Å². The van der Waals surface area contributed by atoms with E-state index in [1.54, 1.807) is 24.3 Å². The van der Waals surface area contributed by atoms with Crippen LogP contribution in [0.25, 0.3) is 32.6 Å². The second-order valence-electron chi connectivity index (χ2n) is 10.3. The van der Waals surface area contributed by atoms with Gasteiger partial charge in [0.25, 0.3) is 0 Å². The summed E-state index contributed by atoms with van der Waals surface area (Å²) in [6.45, 7) is 11.1. The topological polar surface area (TPSA) is 76.2 Å². The van der Waals surface area contributed by atoms with Crippen molar-refractivity contribution in [3.8, 4) is 11.8 Å². The minimum absolute atomic E-state index is 0.198. The van der Waals surface area contributed by atoms with E-state index >= 15 is 0 Å². The van der Waals surface area contributed by atoms with Gasteiger partial charge < -0.3 is 9.67 Å². The minimum atomic E-state index is -0.264. The molecule has 5 aromatic rings. The minimum Gasteiger partial charge on any atom is -0.871 e. The van der Waals surface area contributed by atoms with Crippen molar-refractivity contribution in [1.82, 2.24) is 9.14 Å². The molecule has 0 amide bonds. The van der Waals surface area contributed by atoms with Crippen LogP contribution >= 0.6 is 0 Å². The molecule has 0 spiro atoms. The van der Waals surface area contributed by atoms with Gasteiger partial charge in [0, 0.05) is 58.6 Å². The Balaban J connectivity index is 1.44. The first-order valence-electron chi connectivity index (χ1n) is 13.5. The molecule has 0 atom stereocenters. The summed E-state index contributed by atoms with van der Waals surface area (Å²) in [6, 6.07) is 32.2. The number of para-hydroxylation sites is 2. The number of allylic oxidation sites excluding steroid dienone is 3. The Labute approximate surface area is 242 Å². The van der Waals surface area contributed by atoms with Crippen LogP contribution in [0.15, 0.2) is 108 Å². The number of Topliss-reactive ketones (excluding diaryl/α,β-unsaturated/α-hetero) is 1. The molecule has 2 heterocycles. The second-order valence-corrected chi connectivity index (χ2v) is 10.3. The third-order valence-electron chi connectivity index (χ3n) is 8.12. The SMILES string of the molecule is [C-]#[N+]c1ccc(-n2c(C)c(C3=C([O-])C(=C4C(C)=[N+](c5ccc(C#N)cc5)c5ccccc54)C3=O)c3ccccc32)cc1. The van der Waals surface area contributed by atoms with Crippen molar-refractivity contribution in [2.45, 2.75) is 13.8 Å². The predicted octanol–water partition coefficient (Wildman–Crippen LogP) is 6.78. The molecule has 1 aliphatic carbocycles. The van der Waals surface area contributed by atoms with Gasteiger partial charge in [-0.05, 0) is 43.3 Å². The summed E-state index contributed by atoms with van der Waals surface area (Å²) in [7, 11) is 0. The first-order chi connectivity index (χ1) is 20.4. The average Bonchev–Trinajstić information content (AvgIpc) is 3.47. The number of rotatable bonds is 3. The van der Waals surface area contributed by atoms with Gasteiger partial charge >= 0.3 is 0 Å². The fourth-order valence-electron chi connectivity index (χ4n) is 6.24. The molecule has 7 rings (SSSR count). The number of carbonyl (C=O) groups excluding carboxylic acids is 1. The number of carbonyl (C=O) groups is 1. The van der Waals surface area contributed by atoms with E-state index in [0.717, 1.165) is 44.9 Å². The number of fused-ring (bicyclic) bond motifs is 2. The summed E-state index contributed by atoms with van der Waals surface area (Å²) >= 11 is 0. The highest BCUT2D eigenvalue weighted by Crippen LogP contribution is 2.47. The monoisotopic (exact) mass is 542 g/mol. The Kier molecular flexibility index (Phi) is 5.54. The Morgan fingerprint density at radius 3 is 2.24 bits per heavy atom. The highest BCUT2D eigenvalue weighted by atomic mass is 16.3. The van der Waals surface area contributed by atoms with Crippen LogP contribution in [-0.2, 0) is 4.79 Å². The largest absolute Gasteiger partial charge is 0.871 e. The third-order valence-corrected chi connectivity index (χ3v) is 8.12. The van der Waals surface area contributed by atoms with Gasteiger partial charge in [-0.15, -0.1) is 0 Å². The molecule has 6 heteroatoms. The van der Waals surface area contributed by atoms with Gasteiger partial charge in [0.05, 0.1) is 34.9 Å². The second kappa shape index (κ2) is 9.30. The van der Waals surface area contributed by atoms with Crippen LogP contribution in [0, 0.1) is 24.8 Å². The van der Waals surface area contributed by atoms with Gasteiger partial charge in [-0.3, -0.25) is 4.79 Å². The lowest BCUT2D eigenvalue weighted by Gasteiger charge is -2.32. The lowest BCUT2D eigenvalue weighted by atomic mass is 9.78. The maximum Gasteiger partial charge on any atom is 0.219 e. The summed E-state index contributed by atoms with van der Waals surface area (Å²) in [5, 5.41) is 24.1. The van der Waals surface area contributed by atoms with Gasteiger partial charge in [-0.25, -0.2) is 4.85 Å². The molecule has 1 aromatic heterocycles. The Bertz CT molecular complexity index is 2180. The highest BCUT2D eigenvalue weighted by molar-refractivity contribution is 6.47. The molecule has 198 valence electrons. The number of ketones is 1. The van der Waals surface area contributed by atoms with Crippen LogP contribution in [0.3, 0.4) is 0 Å². The van der Waals surface area contributed by atoms with Crippen molar-refractivity contribution < 1.29 is 9.90 Å². The van der Waals surface area contributed by atoms with Crippen LogP contribution in [0.1, 0.15) is 29.3 Å². The number of hydrogen-bond donors (Lipinski definition) is 0. The molecule has 0 fully saturated rings. The number of aromatic nitrogens is 1. The van der Waals surface area contributed by atoms with Crippen molar-refractivity contribution in [2.75, 3.05) is 0 Å². The fraction of sp³-hybridized carbons (Fsp3) is 0.0556. The molecule has 1 aliphatic heterocycles. The van der Waals surface area contributed by atoms with E-state index in [9.17, 15) is 15.2 Å². The third kappa shape index (κ3) is 3.43. The van der Waals surface area contributed by atoms with E-state index < -0.39 is 0 Å². The summed E-state index contributed by atoms with van der Waals surface area (Å²) in [5.41, 5.74) is 8.66. The van der Waals surface area contributed by atoms with Gasteiger partial charge in [0.1, 0.15) is 0 Å². The first kappa shape index (κ1) is 25.0. The lowest BCUT2D eigenvalue weighted by Crippen LogP contribution is -2.31. The number of nitrogens with zero attached hydrogens (tertiary/aromatic N) is 4. The van der Waals surface area contributed by atoms with E-state index in [1.807, 2.05) is 95.8 Å². The van der Waals surface area contributed by atoms with Crippen LogP contribution in [0.2, 0.25) is 0 Å². The van der Waals surface area contributed by atoms with Crippen LogP contribution in [0.5, 0.6) is 0 Å². The quantitative estimate of drug-likeness (QED) is 0.143. The molecule has 6 nitrogen and oxygen atoms in total. The zero-order valence-electron chi connectivity index (χ0n) is 22.8. The molecule has 0 saturated carbocycles. The summed E-state index contributed by atoms with van der Waals surface area (Å²) < 4.78 is 4.06. The standard InChI is InChI=1S/C36H22N4O2/c1-21-31(27-8-4-6-10-29(27)39(21)25-16-12-23(20-37)13-17-25)33-35(41)34(36(33)42)32-22(2)40(30-11-7-5-9-28(30)32)26-18-14-24(38-3)15-19-26/h4-19H,1-2H3. The Morgan fingerprint density at radius 2 is 1.55 bits per heavy atom. The summed E-state index contributed by atoms with van der Waals surface area (Å²) in [5.74, 6) is -0.527. The molecule has 0 unspecified atom stereocenters. The van der Waals surface area contributed by atoms with Gasteiger partial charge in [0.2, 0.25) is 11.4 Å². The molecule has 0 saturated heterocycles. The molecular weight excluding hydrogens is 520 g/mol. The predicted molar refractivity (Wildman–Crippen MR) is 163 cm³/mol. The highest BCUT2D eigenvalue weighted by Gasteiger charge is 2.41. The normalized spacial score (nSPS) is 16.0. The van der Waals surface area contributed by atoms with Crippen molar-refractivity contribution >= 4 is 50.6 Å². The Hall–Kier alpha value is -5.98. The van der Waals surface area contributed by atoms with E-state index in [-0.39, 0.29) is 22.7 Å². The van der Waals surface area contributed by atoms with Crippen molar-refractivity contribution in [3.05, 3.63) is 142 Å². The van der Waals surface area contributed by atoms with E-state index in [1.165, 1.54) is 0 Å². The van der Waals surface area contributed by atoms with Crippen LogP contribution in [-0.4, -0.2) is 16.1 Å². The Morgan fingerprint density at radius 1 is 0.857 bits per heavy atom. The van der Waals surface area contributed by atoms with Gasteiger partial charge in [0.15, 0.2) is 17.2 Å². The molecule has 0 radical (unpaired) electrons. The first-order valence-corrected chi connectivity index (χ1v) is 13.5. The maximum atomic E-state index is 14.0. The molecule has 42 heavy (non-hydrogen) atoms. The van der Waals surface area contributed by atoms with Crippen molar-refractivity contribution in [2.24, 2.45) is 0 Å². The number of benzene rings is 4.